The molecular weight excluding hydrogens is 628 g/mol. The standard InChI is InChI=1S/C35H52O13/c1-17-31(48-32-30(42)29(41)28(40)25(14-36)47-32)24(38)13-27(45-17)46-20-5-9-34(16-37)19(12-20)3-4-23-22(34)6-8-33(2)21(7-10-35(23,33)43)18-11-26(39)44-15-18/h11,16-17,19-25,27-32,36,38,40-43H,3-10,12-15H2,1-2H3/t17-,19?,20+,21-,22?,23?,24+,25-,27+,28-,29+,30-,31-,32?,33-,34-,35+/m1/s1. The Hall–Kier alpha value is -1.52. The monoisotopic (exact) mass is 680 g/mol. The zero-order valence-electron chi connectivity index (χ0n) is 27.8. The van der Waals surface area contributed by atoms with Crippen molar-refractivity contribution >= 4 is 12.3 Å². The van der Waals surface area contributed by atoms with Crippen LogP contribution in [-0.4, -0.2) is 123 Å². The summed E-state index contributed by atoms with van der Waals surface area (Å²) in [5.74, 6) is -0.00980. The van der Waals surface area contributed by atoms with Gasteiger partial charge >= 0.3 is 5.97 Å². The predicted molar refractivity (Wildman–Crippen MR) is 165 cm³/mol. The van der Waals surface area contributed by atoms with Crippen molar-refractivity contribution in [2.75, 3.05) is 13.2 Å². The lowest BCUT2D eigenvalue weighted by Crippen LogP contribution is -2.63. The summed E-state index contributed by atoms with van der Waals surface area (Å²) in [6.45, 7) is 3.59. The van der Waals surface area contributed by atoms with E-state index in [4.69, 9.17) is 23.7 Å². The van der Waals surface area contributed by atoms with Crippen LogP contribution in [-0.2, 0) is 33.3 Å². The normalized spacial score (nSPS) is 53.7. The van der Waals surface area contributed by atoms with Crippen molar-refractivity contribution in [3.05, 3.63) is 11.6 Å². The largest absolute Gasteiger partial charge is 0.458 e. The number of aliphatic hydroxyl groups excluding tert-OH is 5. The second-order valence-corrected chi connectivity index (χ2v) is 15.9. The van der Waals surface area contributed by atoms with Gasteiger partial charge in [0.25, 0.3) is 0 Å². The highest BCUT2D eigenvalue weighted by molar-refractivity contribution is 5.85. The lowest BCUT2D eigenvalue weighted by atomic mass is 9.43. The van der Waals surface area contributed by atoms with Crippen LogP contribution in [0.15, 0.2) is 11.6 Å². The molecule has 270 valence electrons. The minimum Gasteiger partial charge on any atom is -0.458 e. The first kappa shape index (κ1) is 34.9. The van der Waals surface area contributed by atoms with Crippen LogP contribution in [0.5, 0.6) is 0 Å². The van der Waals surface area contributed by atoms with Gasteiger partial charge in [-0.15, -0.1) is 0 Å². The van der Waals surface area contributed by atoms with Gasteiger partial charge in [-0.25, -0.2) is 4.79 Å². The number of esters is 1. The molecule has 0 aromatic heterocycles. The number of rotatable bonds is 7. The van der Waals surface area contributed by atoms with E-state index in [1.807, 2.05) is 0 Å². The molecule has 4 saturated carbocycles. The first-order valence-corrected chi connectivity index (χ1v) is 17.9. The maximum atomic E-state index is 13.1. The Morgan fingerprint density at radius 2 is 1.73 bits per heavy atom. The van der Waals surface area contributed by atoms with Crippen molar-refractivity contribution < 1.29 is 63.9 Å². The molecule has 0 aromatic rings. The molecule has 0 aromatic carbocycles. The molecule has 7 rings (SSSR count). The minimum absolute atomic E-state index is 0.0112. The summed E-state index contributed by atoms with van der Waals surface area (Å²) in [5, 5.41) is 63.6. The highest BCUT2D eigenvalue weighted by Gasteiger charge is 2.68. The quantitative estimate of drug-likeness (QED) is 0.123. The summed E-state index contributed by atoms with van der Waals surface area (Å²) in [5.41, 5.74) is -0.818. The number of carbonyl (C=O) groups is 2. The number of aliphatic hydroxyl groups is 6. The number of hydrogen-bond acceptors (Lipinski definition) is 13. The fourth-order valence-electron chi connectivity index (χ4n) is 11.3. The molecule has 48 heavy (non-hydrogen) atoms. The van der Waals surface area contributed by atoms with Gasteiger partial charge in [-0.3, -0.25) is 0 Å². The van der Waals surface area contributed by atoms with Crippen LogP contribution < -0.4 is 0 Å². The van der Waals surface area contributed by atoms with Crippen molar-refractivity contribution in [2.24, 2.45) is 34.5 Å². The van der Waals surface area contributed by atoms with Crippen molar-refractivity contribution in [1.82, 2.24) is 0 Å². The highest BCUT2D eigenvalue weighted by Crippen LogP contribution is 2.69. The molecule has 0 radical (unpaired) electrons. The summed E-state index contributed by atoms with van der Waals surface area (Å²) < 4.78 is 29.1. The van der Waals surface area contributed by atoms with Gasteiger partial charge in [0, 0.05) is 23.3 Å². The van der Waals surface area contributed by atoms with Crippen LogP contribution in [0.25, 0.3) is 0 Å². The Morgan fingerprint density at radius 3 is 2.42 bits per heavy atom. The number of ether oxygens (including phenoxy) is 5. The number of fused-ring (bicyclic) bond motifs is 5. The van der Waals surface area contributed by atoms with Gasteiger partial charge in [-0.2, -0.15) is 0 Å². The molecule has 2 saturated heterocycles. The zero-order valence-corrected chi connectivity index (χ0v) is 27.8. The Balaban J connectivity index is 0.978. The molecule has 4 aliphatic carbocycles. The topological polar surface area (TPSA) is 202 Å². The molecular formula is C35H52O13. The third-order valence-electron chi connectivity index (χ3n) is 13.8. The molecule has 0 bridgehead atoms. The van der Waals surface area contributed by atoms with Gasteiger partial charge in [-0.1, -0.05) is 6.92 Å². The smallest absolute Gasteiger partial charge is 0.331 e. The van der Waals surface area contributed by atoms with Crippen LogP contribution in [0.2, 0.25) is 0 Å². The van der Waals surface area contributed by atoms with E-state index in [1.165, 1.54) is 6.29 Å². The van der Waals surface area contributed by atoms with E-state index in [9.17, 15) is 40.2 Å². The molecule has 13 nitrogen and oxygen atoms in total. The van der Waals surface area contributed by atoms with Crippen molar-refractivity contribution in [3.63, 3.8) is 0 Å². The SMILES string of the molecule is C[C@H]1O[C@@H](O[C@H]2CC[C@@]3(C=O)C(CCC4C3CC[C@]3(C)[C@@H](C5=CC(=O)OC5)CC[C@]43O)C2)C[C@H](O)[C@@H]1OC1O[C@H](CO)[C@@H](O)[C@H](O)[C@H]1O. The Labute approximate surface area is 280 Å². The molecule has 0 spiro atoms. The third kappa shape index (κ3) is 5.43. The van der Waals surface area contributed by atoms with Gasteiger partial charge in [0.05, 0.1) is 30.5 Å². The maximum absolute atomic E-state index is 13.1. The van der Waals surface area contributed by atoms with Gasteiger partial charge < -0.3 is 59.1 Å². The van der Waals surface area contributed by atoms with Crippen LogP contribution in [0.1, 0.15) is 78.1 Å². The van der Waals surface area contributed by atoms with Gasteiger partial charge in [0.2, 0.25) is 0 Å². The molecule has 6 fully saturated rings. The minimum atomic E-state index is -1.60. The van der Waals surface area contributed by atoms with Crippen molar-refractivity contribution in [3.8, 4) is 0 Å². The summed E-state index contributed by atoms with van der Waals surface area (Å²) in [6, 6.07) is 0. The predicted octanol–water partition coefficient (Wildman–Crippen LogP) is 0.489. The van der Waals surface area contributed by atoms with Gasteiger partial charge in [0.15, 0.2) is 12.6 Å². The van der Waals surface area contributed by atoms with E-state index >= 15 is 0 Å². The van der Waals surface area contributed by atoms with Gasteiger partial charge in [0.1, 0.15) is 43.4 Å². The average Bonchev–Trinajstić information content (AvgIpc) is 3.61. The highest BCUT2D eigenvalue weighted by atomic mass is 16.7. The summed E-state index contributed by atoms with van der Waals surface area (Å²) in [6.07, 6.45) is -1.12. The van der Waals surface area contributed by atoms with Crippen LogP contribution in [0, 0.1) is 34.5 Å². The molecule has 6 N–H and O–H groups in total. The molecule has 7 aliphatic rings. The average molecular weight is 681 g/mol. The second-order valence-electron chi connectivity index (χ2n) is 15.9. The Bertz CT molecular complexity index is 1250. The maximum Gasteiger partial charge on any atom is 0.331 e. The number of aldehydes is 1. The Morgan fingerprint density at radius 1 is 0.938 bits per heavy atom. The van der Waals surface area contributed by atoms with Crippen LogP contribution in [0.4, 0.5) is 0 Å². The van der Waals surface area contributed by atoms with E-state index in [1.54, 1.807) is 13.0 Å². The fourth-order valence-corrected chi connectivity index (χ4v) is 11.3. The third-order valence-corrected chi connectivity index (χ3v) is 13.8. The van der Waals surface area contributed by atoms with Crippen molar-refractivity contribution in [1.29, 1.82) is 0 Å². The van der Waals surface area contributed by atoms with Crippen molar-refractivity contribution in [2.45, 2.75) is 145 Å². The number of cyclic esters (lactones) is 1. The molecule has 3 heterocycles. The molecule has 13 heteroatoms. The van der Waals surface area contributed by atoms with E-state index < -0.39 is 72.9 Å². The zero-order chi connectivity index (χ0) is 34.2. The van der Waals surface area contributed by atoms with E-state index in [0.29, 0.717) is 32.3 Å². The molecule has 3 aliphatic heterocycles. The van der Waals surface area contributed by atoms with Crippen LogP contribution >= 0.6 is 0 Å². The van der Waals surface area contributed by atoms with E-state index in [2.05, 4.69) is 6.92 Å². The second kappa shape index (κ2) is 12.9. The first-order chi connectivity index (χ1) is 22.8. The molecule has 4 unspecified atom stereocenters. The lowest BCUT2D eigenvalue weighted by molar-refractivity contribution is -0.344. The fraction of sp³-hybridized carbons (Fsp3) is 0.886. The Kier molecular flexibility index (Phi) is 9.39. The summed E-state index contributed by atoms with van der Waals surface area (Å²) >= 11 is 0. The number of hydrogen-bond donors (Lipinski definition) is 6. The lowest BCUT2D eigenvalue weighted by Gasteiger charge is -2.63. The summed E-state index contributed by atoms with van der Waals surface area (Å²) in [4.78, 5) is 25.0. The molecule has 17 atom stereocenters. The van der Waals surface area contributed by atoms with Gasteiger partial charge in [-0.05, 0) is 94.0 Å². The van der Waals surface area contributed by atoms with E-state index in [-0.39, 0.29) is 47.6 Å². The molecule has 0 amide bonds. The first-order valence-electron chi connectivity index (χ1n) is 17.9. The number of carbonyl (C=O) groups excluding carboxylic acids is 2. The van der Waals surface area contributed by atoms with Crippen LogP contribution in [0.3, 0.4) is 0 Å². The summed E-state index contributed by atoms with van der Waals surface area (Å²) in [7, 11) is 0. The van der Waals surface area contributed by atoms with E-state index in [0.717, 1.165) is 37.7 Å².